The minimum atomic E-state index is -0.230. The molecule has 0 unspecified atom stereocenters. The minimum absolute atomic E-state index is 0.230. The van der Waals surface area contributed by atoms with Crippen molar-refractivity contribution in [3.8, 4) is 0 Å². The van der Waals surface area contributed by atoms with Gasteiger partial charge in [0, 0.05) is 5.38 Å². The zero-order valence-electron chi connectivity index (χ0n) is 8.54. The summed E-state index contributed by atoms with van der Waals surface area (Å²) in [5.41, 5.74) is 7.21. The molecule has 0 saturated heterocycles. The summed E-state index contributed by atoms with van der Waals surface area (Å²) in [5.74, 6) is -0.230. The second-order valence-electron chi connectivity index (χ2n) is 3.30. The highest BCUT2D eigenvalue weighted by Crippen LogP contribution is 2.29. The summed E-state index contributed by atoms with van der Waals surface area (Å²) in [7, 11) is 0. The van der Waals surface area contributed by atoms with Crippen LogP contribution in [-0.4, -0.2) is 5.91 Å². The minimum Gasteiger partial charge on any atom is -0.397 e. The summed E-state index contributed by atoms with van der Waals surface area (Å²) in [5, 5.41) is 4.88. The van der Waals surface area contributed by atoms with Crippen LogP contribution < -0.4 is 11.1 Å². The van der Waals surface area contributed by atoms with E-state index >= 15 is 0 Å². The molecular weight excluding hydrogens is 324 g/mol. The van der Waals surface area contributed by atoms with Crippen LogP contribution >= 0.6 is 38.9 Å². The molecule has 0 aliphatic heterocycles. The third-order valence-electron chi connectivity index (χ3n) is 2.11. The van der Waals surface area contributed by atoms with Gasteiger partial charge in [-0.1, -0.05) is 17.7 Å². The van der Waals surface area contributed by atoms with Crippen LogP contribution in [-0.2, 0) is 0 Å². The molecule has 0 fully saturated rings. The van der Waals surface area contributed by atoms with Gasteiger partial charge in [0.15, 0.2) is 0 Å². The van der Waals surface area contributed by atoms with Crippen LogP contribution in [0.5, 0.6) is 0 Å². The maximum atomic E-state index is 11.9. The number of carbonyl (C=O) groups is 1. The number of benzene rings is 1. The topological polar surface area (TPSA) is 55.1 Å². The smallest absolute Gasteiger partial charge is 0.256 e. The number of hydrogen-bond acceptors (Lipinski definition) is 3. The zero-order valence-corrected chi connectivity index (χ0v) is 11.7. The molecule has 0 aliphatic rings. The van der Waals surface area contributed by atoms with E-state index in [0.717, 1.165) is 3.79 Å². The van der Waals surface area contributed by atoms with Gasteiger partial charge in [0.1, 0.15) is 0 Å². The molecular formula is C11H8BrClN2OS. The Balaban J connectivity index is 2.24. The fourth-order valence-electron chi connectivity index (χ4n) is 1.29. The summed E-state index contributed by atoms with van der Waals surface area (Å²) in [4.78, 5) is 11.9. The van der Waals surface area contributed by atoms with E-state index in [1.165, 1.54) is 11.3 Å². The number of carbonyl (C=O) groups excluding carboxylic acids is 1. The average molecular weight is 332 g/mol. The number of anilines is 2. The van der Waals surface area contributed by atoms with Crippen molar-refractivity contribution in [1.82, 2.24) is 0 Å². The van der Waals surface area contributed by atoms with Crippen LogP contribution in [0.2, 0.25) is 5.02 Å². The molecule has 0 saturated carbocycles. The van der Waals surface area contributed by atoms with Crippen molar-refractivity contribution < 1.29 is 4.79 Å². The molecule has 3 nitrogen and oxygen atoms in total. The number of thiophene rings is 1. The first-order chi connectivity index (χ1) is 8.08. The number of nitrogens with one attached hydrogen (secondary N) is 1. The third kappa shape index (κ3) is 2.80. The maximum absolute atomic E-state index is 11.9. The van der Waals surface area contributed by atoms with Crippen LogP contribution in [0.4, 0.5) is 11.4 Å². The van der Waals surface area contributed by atoms with Crippen LogP contribution in [0, 0.1) is 0 Å². The fourth-order valence-corrected chi connectivity index (χ4v) is 2.65. The molecule has 2 aromatic rings. The average Bonchev–Trinajstić information content (AvgIpc) is 2.70. The molecule has 1 aromatic carbocycles. The lowest BCUT2D eigenvalue weighted by molar-refractivity contribution is 0.102. The van der Waals surface area contributed by atoms with Gasteiger partial charge in [-0.2, -0.15) is 0 Å². The first kappa shape index (κ1) is 12.4. The molecule has 3 N–H and O–H groups in total. The predicted octanol–water partition coefficient (Wildman–Crippen LogP) is 4.00. The molecule has 0 radical (unpaired) electrons. The fraction of sp³-hybridized carbons (Fsp3) is 0. The lowest BCUT2D eigenvalue weighted by atomic mass is 10.2. The number of halogens is 2. The second-order valence-corrected chi connectivity index (χ2v) is 6.00. The first-order valence-electron chi connectivity index (χ1n) is 4.67. The highest BCUT2D eigenvalue weighted by Gasteiger charge is 2.12. The van der Waals surface area contributed by atoms with Crippen molar-refractivity contribution in [2.45, 2.75) is 0 Å². The highest BCUT2D eigenvalue weighted by molar-refractivity contribution is 9.11. The van der Waals surface area contributed by atoms with E-state index < -0.39 is 0 Å². The number of nitrogen functional groups attached to an aromatic ring is 1. The van der Waals surface area contributed by atoms with Gasteiger partial charge in [-0.05, 0) is 34.1 Å². The number of para-hydroxylation sites is 1. The normalized spacial score (nSPS) is 10.2. The maximum Gasteiger partial charge on any atom is 0.256 e. The van der Waals surface area contributed by atoms with Gasteiger partial charge in [-0.25, -0.2) is 0 Å². The Morgan fingerprint density at radius 1 is 1.47 bits per heavy atom. The Bertz CT molecular complexity index is 550. The Morgan fingerprint density at radius 3 is 2.82 bits per heavy atom. The highest BCUT2D eigenvalue weighted by atomic mass is 79.9. The Kier molecular flexibility index (Phi) is 3.71. The van der Waals surface area contributed by atoms with Gasteiger partial charge < -0.3 is 11.1 Å². The van der Waals surface area contributed by atoms with E-state index in [9.17, 15) is 4.79 Å². The van der Waals surface area contributed by atoms with Crippen LogP contribution in [0.15, 0.2) is 33.4 Å². The standard InChI is InChI=1S/C11H8BrClN2OS/c12-9-4-6(5-17-9)11(16)15-10-7(13)2-1-3-8(10)14/h1-5H,14H2,(H,15,16). The Morgan fingerprint density at radius 2 is 2.24 bits per heavy atom. The van der Waals surface area contributed by atoms with Gasteiger partial charge in [0.2, 0.25) is 0 Å². The van der Waals surface area contributed by atoms with Crippen molar-refractivity contribution in [3.63, 3.8) is 0 Å². The Hall–Kier alpha value is -1.04. The summed E-state index contributed by atoms with van der Waals surface area (Å²) < 4.78 is 0.898. The van der Waals surface area contributed by atoms with Gasteiger partial charge in [-0.3, -0.25) is 4.79 Å². The quantitative estimate of drug-likeness (QED) is 0.817. The number of nitrogens with two attached hydrogens (primary N) is 1. The second kappa shape index (κ2) is 5.08. The SMILES string of the molecule is Nc1cccc(Cl)c1NC(=O)c1csc(Br)c1. The molecule has 88 valence electrons. The summed E-state index contributed by atoms with van der Waals surface area (Å²) in [6.07, 6.45) is 0. The van der Waals surface area contributed by atoms with Crippen molar-refractivity contribution in [1.29, 1.82) is 0 Å². The van der Waals surface area contributed by atoms with Crippen molar-refractivity contribution >= 4 is 56.1 Å². The van der Waals surface area contributed by atoms with Crippen LogP contribution in [0.3, 0.4) is 0 Å². The van der Waals surface area contributed by atoms with Gasteiger partial charge in [0.25, 0.3) is 5.91 Å². The molecule has 6 heteroatoms. The summed E-state index contributed by atoms with van der Waals surface area (Å²) in [6.45, 7) is 0. The molecule has 2 rings (SSSR count). The number of hydrogen-bond donors (Lipinski definition) is 2. The van der Waals surface area contributed by atoms with E-state index in [4.69, 9.17) is 17.3 Å². The Labute approximate surface area is 116 Å². The molecule has 0 bridgehead atoms. The lowest BCUT2D eigenvalue weighted by Gasteiger charge is -2.08. The summed E-state index contributed by atoms with van der Waals surface area (Å²) in [6, 6.07) is 6.84. The molecule has 1 amide bonds. The van der Waals surface area contributed by atoms with E-state index in [1.54, 1.807) is 29.6 Å². The molecule has 0 spiro atoms. The molecule has 17 heavy (non-hydrogen) atoms. The van der Waals surface area contributed by atoms with E-state index in [-0.39, 0.29) is 5.91 Å². The third-order valence-corrected chi connectivity index (χ3v) is 3.93. The number of amides is 1. The van der Waals surface area contributed by atoms with Crippen LogP contribution in [0.25, 0.3) is 0 Å². The molecule has 0 aliphatic carbocycles. The number of rotatable bonds is 2. The first-order valence-corrected chi connectivity index (χ1v) is 6.72. The van der Waals surface area contributed by atoms with Gasteiger partial charge in [0.05, 0.1) is 25.7 Å². The largest absolute Gasteiger partial charge is 0.397 e. The predicted molar refractivity (Wildman–Crippen MR) is 75.8 cm³/mol. The van der Waals surface area contributed by atoms with Crippen molar-refractivity contribution in [2.75, 3.05) is 11.1 Å². The monoisotopic (exact) mass is 330 g/mol. The lowest BCUT2D eigenvalue weighted by Crippen LogP contribution is -2.12. The van der Waals surface area contributed by atoms with E-state index in [1.807, 2.05) is 0 Å². The van der Waals surface area contributed by atoms with Crippen LogP contribution in [0.1, 0.15) is 10.4 Å². The van der Waals surface area contributed by atoms with E-state index in [0.29, 0.717) is 22.0 Å². The summed E-state index contributed by atoms with van der Waals surface area (Å²) >= 11 is 10.7. The molecule has 1 heterocycles. The molecule has 1 aromatic heterocycles. The van der Waals surface area contributed by atoms with Gasteiger partial charge in [-0.15, -0.1) is 11.3 Å². The van der Waals surface area contributed by atoms with Crippen molar-refractivity contribution in [2.24, 2.45) is 0 Å². The van der Waals surface area contributed by atoms with Gasteiger partial charge >= 0.3 is 0 Å². The molecule has 0 atom stereocenters. The zero-order chi connectivity index (χ0) is 12.4. The van der Waals surface area contributed by atoms with E-state index in [2.05, 4.69) is 21.2 Å². The van der Waals surface area contributed by atoms with Crippen molar-refractivity contribution in [3.05, 3.63) is 44.0 Å².